The quantitative estimate of drug-likeness (QED) is 0.806. The van der Waals surface area contributed by atoms with Gasteiger partial charge in [0.25, 0.3) is 0 Å². The van der Waals surface area contributed by atoms with Gasteiger partial charge in [0.15, 0.2) is 5.16 Å². The Balaban J connectivity index is 1.97. The van der Waals surface area contributed by atoms with Gasteiger partial charge in [0, 0.05) is 30.5 Å². The molecule has 94 valence electrons. The number of rotatable bonds is 6. The fourth-order valence-corrected chi connectivity index (χ4v) is 2.36. The molecule has 0 radical (unpaired) electrons. The molecular weight excluding hydrogens is 250 g/mol. The first-order valence-corrected chi connectivity index (χ1v) is 6.49. The number of carboxylic acid groups (broad SMARTS) is 1. The molecule has 0 amide bonds. The van der Waals surface area contributed by atoms with Gasteiger partial charge in [0.1, 0.15) is 0 Å². The molecular formula is C12H13N3O2S. The average molecular weight is 263 g/mol. The lowest BCUT2D eigenvalue weighted by Gasteiger charge is -2.06. The zero-order valence-electron chi connectivity index (χ0n) is 9.69. The first kappa shape index (κ1) is 12.6. The summed E-state index contributed by atoms with van der Waals surface area (Å²) < 4.78 is 1.99. The molecule has 2 aromatic heterocycles. The summed E-state index contributed by atoms with van der Waals surface area (Å²) in [5.41, 5.74) is 1.09. The molecule has 0 atom stereocenters. The maximum absolute atomic E-state index is 10.5. The molecule has 0 aromatic carbocycles. The van der Waals surface area contributed by atoms with E-state index in [0.717, 1.165) is 10.7 Å². The number of hydrogen-bond acceptors (Lipinski definition) is 4. The molecule has 0 unspecified atom stereocenters. The van der Waals surface area contributed by atoms with Gasteiger partial charge >= 0.3 is 5.97 Å². The molecule has 0 saturated heterocycles. The van der Waals surface area contributed by atoms with Gasteiger partial charge in [-0.3, -0.25) is 9.78 Å². The van der Waals surface area contributed by atoms with Crippen LogP contribution in [-0.4, -0.2) is 31.4 Å². The number of aromatic nitrogens is 3. The second-order valence-electron chi connectivity index (χ2n) is 3.69. The normalized spacial score (nSPS) is 10.4. The predicted octanol–water partition coefficient (Wildman–Crippen LogP) is 1.89. The van der Waals surface area contributed by atoms with Crippen LogP contribution in [0, 0.1) is 0 Å². The monoisotopic (exact) mass is 263 g/mol. The first-order chi connectivity index (χ1) is 8.75. The lowest BCUT2D eigenvalue weighted by Crippen LogP contribution is -2.02. The summed E-state index contributed by atoms with van der Waals surface area (Å²) in [7, 11) is 0. The van der Waals surface area contributed by atoms with Gasteiger partial charge in [-0.15, -0.1) is 0 Å². The third kappa shape index (κ3) is 3.59. The van der Waals surface area contributed by atoms with E-state index in [1.54, 1.807) is 12.4 Å². The van der Waals surface area contributed by atoms with Gasteiger partial charge in [0.05, 0.1) is 13.0 Å². The van der Waals surface area contributed by atoms with Crippen molar-refractivity contribution in [3.05, 3.63) is 42.5 Å². The van der Waals surface area contributed by atoms with Crippen LogP contribution in [0.15, 0.2) is 42.1 Å². The molecule has 2 rings (SSSR count). The van der Waals surface area contributed by atoms with E-state index < -0.39 is 5.97 Å². The van der Waals surface area contributed by atoms with Crippen LogP contribution in [0.5, 0.6) is 0 Å². The fraction of sp³-hybridized carbons (Fsp3) is 0.250. The Labute approximate surface area is 109 Å². The Morgan fingerprint density at radius 1 is 1.44 bits per heavy atom. The zero-order valence-corrected chi connectivity index (χ0v) is 10.5. The van der Waals surface area contributed by atoms with Crippen molar-refractivity contribution in [3.63, 3.8) is 0 Å². The van der Waals surface area contributed by atoms with Crippen molar-refractivity contribution >= 4 is 17.7 Å². The summed E-state index contributed by atoms with van der Waals surface area (Å²) in [6.07, 6.45) is 7.30. The number of hydrogen-bond donors (Lipinski definition) is 1. The van der Waals surface area contributed by atoms with Crippen LogP contribution in [0.3, 0.4) is 0 Å². The summed E-state index contributed by atoms with van der Waals surface area (Å²) in [6, 6.07) is 3.89. The van der Waals surface area contributed by atoms with E-state index in [0.29, 0.717) is 12.3 Å². The van der Waals surface area contributed by atoms with Crippen LogP contribution in [0.2, 0.25) is 0 Å². The van der Waals surface area contributed by atoms with Crippen molar-refractivity contribution in [1.82, 2.24) is 14.5 Å². The van der Waals surface area contributed by atoms with Crippen LogP contribution in [0.1, 0.15) is 12.0 Å². The van der Waals surface area contributed by atoms with Crippen LogP contribution in [0.4, 0.5) is 0 Å². The molecule has 18 heavy (non-hydrogen) atoms. The summed E-state index contributed by atoms with van der Waals surface area (Å²) in [5.74, 6) is -0.257. The van der Waals surface area contributed by atoms with Crippen LogP contribution >= 0.6 is 11.8 Å². The van der Waals surface area contributed by atoms with Crippen LogP contribution in [-0.2, 0) is 11.3 Å². The van der Waals surface area contributed by atoms with E-state index in [1.165, 1.54) is 11.8 Å². The van der Waals surface area contributed by atoms with Gasteiger partial charge in [-0.25, -0.2) is 4.98 Å². The summed E-state index contributed by atoms with van der Waals surface area (Å²) in [5, 5.41) is 9.43. The first-order valence-electron chi connectivity index (χ1n) is 5.50. The second-order valence-corrected chi connectivity index (χ2v) is 4.75. The van der Waals surface area contributed by atoms with Gasteiger partial charge in [0.2, 0.25) is 0 Å². The van der Waals surface area contributed by atoms with Crippen molar-refractivity contribution in [2.24, 2.45) is 0 Å². The average Bonchev–Trinajstić information content (AvgIpc) is 2.78. The van der Waals surface area contributed by atoms with Gasteiger partial charge < -0.3 is 9.67 Å². The molecule has 0 aliphatic rings. The highest BCUT2D eigenvalue weighted by molar-refractivity contribution is 7.99. The Morgan fingerprint density at radius 3 is 3.06 bits per heavy atom. The van der Waals surface area contributed by atoms with Gasteiger partial charge in [-0.2, -0.15) is 0 Å². The number of pyridine rings is 1. The Kier molecular flexibility index (Phi) is 4.35. The van der Waals surface area contributed by atoms with E-state index in [9.17, 15) is 4.79 Å². The van der Waals surface area contributed by atoms with E-state index in [2.05, 4.69) is 9.97 Å². The molecule has 0 spiro atoms. The van der Waals surface area contributed by atoms with Gasteiger partial charge in [-0.1, -0.05) is 17.8 Å². The zero-order chi connectivity index (χ0) is 12.8. The minimum Gasteiger partial charge on any atom is -0.481 e. The lowest BCUT2D eigenvalue weighted by molar-refractivity contribution is -0.136. The van der Waals surface area contributed by atoms with E-state index in [-0.39, 0.29) is 6.42 Å². The summed E-state index contributed by atoms with van der Waals surface area (Å²) >= 11 is 1.45. The number of carboxylic acids is 1. The Morgan fingerprint density at radius 2 is 2.33 bits per heavy atom. The molecule has 0 aliphatic heterocycles. The van der Waals surface area contributed by atoms with E-state index in [4.69, 9.17) is 5.11 Å². The van der Waals surface area contributed by atoms with Crippen molar-refractivity contribution in [3.8, 4) is 0 Å². The minimum absolute atomic E-state index is 0.143. The highest BCUT2D eigenvalue weighted by Gasteiger charge is 2.05. The molecule has 0 bridgehead atoms. The molecule has 0 saturated carbocycles. The minimum atomic E-state index is -0.784. The van der Waals surface area contributed by atoms with Crippen LogP contribution in [0.25, 0.3) is 0 Å². The largest absolute Gasteiger partial charge is 0.481 e. The number of nitrogens with zero attached hydrogens (tertiary/aromatic N) is 3. The molecule has 1 N–H and O–H groups in total. The summed E-state index contributed by atoms with van der Waals surface area (Å²) in [4.78, 5) is 18.7. The predicted molar refractivity (Wildman–Crippen MR) is 68.5 cm³/mol. The fourth-order valence-electron chi connectivity index (χ4n) is 1.47. The smallest absolute Gasteiger partial charge is 0.304 e. The molecule has 0 aliphatic carbocycles. The highest BCUT2D eigenvalue weighted by Crippen LogP contribution is 2.17. The SMILES string of the molecule is O=C(O)CCSc1nccn1Cc1cccnc1. The van der Waals surface area contributed by atoms with E-state index in [1.807, 2.05) is 29.1 Å². The van der Waals surface area contributed by atoms with Gasteiger partial charge in [-0.05, 0) is 11.6 Å². The molecule has 5 nitrogen and oxygen atoms in total. The standard InChI is InChI=1S/C12H13N3O2S/c16-11(17)3-7-18-12-14-5-6-15(12)9-10-2-1-4-13-8-10/h1-2,4-6,8H,3,7,9H2,(H,16,17). The second kappa shape index (κ2) is 6.20. The maximum Gasteiger partial charge on any atom is 0.304 e. The molecule has 6 heteroatoms. The maximum atomic E-state index is 10.5. The third-order valence-electron chi connectivity index (χ3n) is 2.30. The molecule has 0 fully saturated rings. The summed E-state index contributed by atoms with van der Waals surface area (Å²) in [6.45, 7) is 0.698. The lowest BCUT2D eigenvalue weighted by atomic mass is 10.3. The Bertz CT molecular complexity index is 513. The molecule has 2 heterocycles. The third-order valence-corrected chi connectivity index (χ3v) is 3.31. The van der Waals surface area contributed by atoms with Crippen molar-refractivity contribution in [2.75, 3.05) is 5.75 Å². The van der Waals surface area contributed by atoms with Crippen molar-refractivity contribution in [2.45, 2.75) is 18.1 Å². The number of aliphatic carboxylic acids is 1. The topological polar surface area (TPSA) is 68.0 Å². The molecule has 2 aromatic rings. The Hall–Kier alpha value is -1.82. The number of thioether (sulfide) groups is 1. The van der Waals surface area contributed by atoms with Crippen molar-refractivity contribution in [1.29, 1.82) is 0 Å². The van der Waals surface area contributed by atoms with E-state index >= 15 is 0 Å². The van der Waals surface area contributed by atoms with Crippen LogP contribution < -0.4 is 0 Å². The van der Waals surface area contributed by atoms with Crippen molar-refractivity contribution < 1.29 is 9.90 Å². The number of carbonyl (C=O) groups is 1. The number of imidazole rings is 1. The highest BCUT2D eigenvalue weighted by atomic mass is 32.2.